The van der Waals surface area contributed by atoms with Gasteiger partial charge in [-0.25, -0.2) is 0 Å². The van der Waals surface area contributed by atoms with Crippen LogP contribution in [0.5, 0.6) is 0 Å². The van der Waals surface area contributed by atoms with Crippen molar-refractivity contribution in [1.29, 1.82) is 0 Å². The molecule has 0 saturated carbocycles. The van der Waals surface area contributed by atoms with Crippen LogP contribution in [-0.2, 0) is 4.79 Å². The molecule has 0 rings (SSSR count). The lowest BCUT2D eigenvalue weighted by molar-refractivity contribution is -0.122. The fourth-order valence-corrected chi connectivity index (χ4v) is 0.166. The van der Waals surface area contributed by atoms with Gasteiger partial charge in [0, 0.05) is 0 Å². The number of Topliss-reactive ketones (excluding diaryl/α,β-unsaturated/α-hetero) is 1. The first kappa shape index (κ1) is 6.37. The molecule has 0 aliphatic rings. The van der Waals surface area contributed by atoms with Crippen LogP contribution in [0.1, 0.15) is 6.92 Å². The maximum Gasteiger partial charge on any atom is 0.162 e. The van der Waals surface area contributed by atoms with Crippen LogP contribution in [0, 0.1) is 0 Å². The molecule has 2 heteroatoms. The second kappa shape index (κ2) is 2.53. The van der Waals surface area contributed by atoms with Crippen molar-refractivity contribution in [3.8, 4) is 0 Å². The van der Waals surface area contributed by atoms with E-state index in [9.17, 15) is 4.79 Å². The van der Waals surface area contributed by atoms with Gasteiger partial charge < -0.3 is 5.11 Å². The standard InChI is InChI=1S/C5H8O2/c1-3-5(7)4(2)6/h3,5,7H,1H2,2H3. The average molecular weight is 100 g/mol. The minimum absolute atomic E-state index is 0.269. The van der Waals surface area contributed by atoms with Crippen LogP contribution in [0.2, 0.25) is 0 Å². The Balaban J connectivity index is 3.55. The minimum atomic E-state index is -0.972. The van der Waals surface area contributed by atoms with Gasteiger partial charge in [-0.1, -0.05) is 6.08 Å². The van der Waals surface area contributed by atoms with E-state index in [1.807, 2.05) is 0 Å². The van der Waals surface area contributed by atoms with E-state index >= 15 is 0 Å². The second-order valence-corrected chi connectivity index (χ2v) is 1.29. The lowest BCUT2D eigenvalue weighted by Gasteiger charge is -1.93. The fourth-order valence-electron chi connectivity index (χ4n) is 0.166. The molecule has 0 amide bonds. The second-order valence-electron chi connectivity index (χ2n) is 1.29. The van der Waals surface area contributed by atoms with Gasteiger partial charge in [0.05, 0.1) is 0 Å². The highest BCUT2D eigenvalue weighted by molar-refractivity contribution is 5.81. The van der Waals surface area contributed by atoms with Gasteiger partial charge in [-0.2, -0.15) is 0 Å². The third-order valence-corrected chi connectivity index (χ3v) is 0.640. The summed E-state index contributed by atoms with van der Waals surface area (Å²) in [7, 11) is 0. The summed E-state index contributed by atoms with van der Waals surface area (Å²) in [6.45, 7) is 4.52. The zero-order valence-corrected chi connectivity index (χ0v) is 4.22. The van der Waals surface area contributed by atoms with E-state index in [1.54, 1.807) is 0 Å². The summed E-state index contributed by atoms with van der Waals surface area (Å²) < 4.78 is 0. The molecule has 40 valence electrons. The number of aliphatic hydroxyl groups is 1. The topological polar surface area (TPSA) is 37.3 Å². The fraction of sp³-hybridized carbons (Fsp3) is 0.400. The Hall–Kier alpha value is -0.630. The summed E-state index contributed by atoms with van der Waals surface area (Å²) in [6.07, 6.45) is 0.225. The van der Waals surface area contributed by atoms with Crippen LogP contribution >= 0.6 is 0 Å². The third kappa shape index (κ3) is 2.11. The molecule has 0 radical (unpaired) electrons. The van der Waals surface area contributed by atoms with Gasteiger partial charge in [-0.3, -0.25) is 4.79 Å². The van der Waals surface area contributed by atoms with E-state index in [0.29, 0.717) is 0 Å². The molecule has 0 aliphatic heterocycles. The first-order valence-electron chi connectivity index (χ1n) is 1.99. The number of hydrogen-bond donors (Lipinski definition) is 1. The van der Waals surface area contributed by atoms with Crippen molar-refractivity contribution in [3.05, 3.63) is 12.7 Å². The predicted molar refractivity (Wildman–Crippen MR) is 26.9 cm³/mol. The van der Waals surface area contributed by atoms with E-state index in [2.05, 4.69) is 6.58 Å². The van der Waals surface area contributed by atoms with Crippen molar-refractivity contribution < 1.29 is 9.90 Å². The molecule has 0 saturated heterocycles. The molecular formula is C5H8O2. The number of rotatable bonds is 2. The molecule has 1 N–H and O–H groups in total. The van der Waals surface area contributed by atoms with Crippen LogP contribution in [0.15, 0.2) is 12.7 Å². The van der Waals surface area contributed by atoms with Crippen LogP contribution in [0.3, 0.4) is 0 Å². The first-order valence-corrected chi connectivity index (χ1v) is 1.99. The number of hydrogen-bond acceptors (Lipinski definition) is 2. The molecule has 1 atom stereocenters. The van der Waals surface area contributed by atoms with E-state index in [0.717, 1.165) is 0 Å². The minimum Gasteiger partial charge on any atom is -0.381 e. The summed E-state index contributed by atoms with van der Waals surface area (Å²) >= 11 is 0. The van der Waals surface area contributed by atoms with Gasteiger partial charge >= 0.3 is 0 Å². The highest BCUT2D eigenvalue weighted by Gasteiger charge is 2.00. The van der Waals surface area contributed by atoms with Gasteiger partial charge in [0.2, 0.25) is 0 Å². The van der Waals surface area contributed by atoms with Gasteiger partial charge in [0.25, 0.3) is 0 Å². The monoisotopic (exact) mass is 100 g/mol. The Morgan fingerprint density at radius 3 is 2.43 bits per heavy atom. The van der Waals surface area contributed by atoms with Crippen molar-refractivity contribution >= 4 is 5.78 Å². The molecule has 0 aliphatic carbocycles. The van der Waals surface area contributed by atoms with E-state index < -0.39 is 6.10 Å². The van der Waals surface area contributed by atoms with E-state index in [4.69, 9.17) is 5.11 Å². The molecule has 0 aromatic rings. The maximum absolute atomic E-state index is 10.1. The van der Waals surface area contributed by atoms with E-state index in [1.165, 1.54) is 13.0 Å². The van der Waals surface area contributed by atoms with Crippen molar-refractivity contribution in [1.82, 2.24) is 0 Å². The maximum atomic E-state index is 10.1. The zero-order chi connectivity index (χ0) is 5.86. The average Bonchev–Trinajstić information content (AvgIpc) is 1.65. The molecule has 2 nitrogen and oxygen atoms in total. The molecule has 7 heavy (non-hydrogen) atoms. The highest BCUT2D eigenvalue weighted by Crippen LogP contribution is 1.82. The molecule has 0 bridgehead atoms. The van der Waals surface area contributed by atoms with Crippen molar-refractivity contribution in [2.24, 2.45) is 0 Å². The SMILES string of the molecule is C=CC(O)C(C)=O. The molecule has 0 heterocycles. The molecular weight excluding hydrogens is 92.1 g/mol. The Bertz CT molecular complexity index is 86.1. The quantitative estimate of drug-likeness (QED) is 0.500. The number of ketones is 1. The number of carbonyl (C=O) groups is 1. The summed E-state index contributed by atoms with van der Waals surface area (Å²) in [5.41, 5.74) is 0. The zero-order valence-electron chi connectivity index (χ0n) is 4.22. The number of aliphatic hydroxyl groups excluding tert-OH is 1. The van der Waals surface area contributed by atoms with Crippen molar-refractivity contribution in [3.63, 3.8) is 0 Å². The van der Waals surface area contributed by atoms with Gasteiger partial charge in [-0.05, 0) is 6.92 Å². The summed E-state index contributed by atoms with van der Waals surface area (Å²) in [5, 5.41) is 8.47. The van der Waals surface area contributed by atoms with Crippen LogP contribution in [0.4, 0.5) is 0 Å². The Labute approximate surface area is 42.5 Å². The smallest absolute Gasteiger partial charge is 0.162 e. The lowest BCUT2D eigenvalue weighted by atomic mass is 10.3. The molecule has 0 spiro atoms. The normalized spacial score (nSPS) is 12.9. The number of carbonyl (C=O) groups excluding carboxylic acids is 1. The lowest BCUT2D eigenvalue weighted by Crippen LogP contribution is -2.12. The molecule has 0 fully saturated rings. The Morgan fingerprint density at radius 2 is 2.43 bits per heavy atom. The van der Waals surface area contributed by atoms with Crippen LogP contribution in [0.25, 0.3) is 0 Å². The summed E-state index contributed by atoms with van der Waals surface area (Å²) in [4.78, 5) is 10.1. The largest absolute Gasteiger partial charge is 0.381 e. The summed E-state index contributed by atoms with van der Waals surface area (Å²) in [6, 6.07) is 0. The highest BCUT2D eigenvalue weighted by atomic mass is 16.3. The predicted octanol–water partition coefficient (Wildman–Crippen LogP) is 0.122. The molecule has 1 unspecified atom stereocenters. The third-order valence-electron chi connectivity index (χ3n) is 0.640. The Morgan fingerprint density at radius 1 is 2.00 bits per heavy atom. The van der Waals surface area contributed by atoms with E-state index in [-0.39, 0.29) is 5.78 Å². The van der Waals surface area contributed by atoms with Gasteiger partial charge in [0.1, 0.15) is 6.10 Å². The van der Waals surface area contributed by atoms with Crippen LogP contribution < -0.4 is 0 Å². The van der Waals surface area contributed by atoms with Crippen LogP contribution in [-0.4, -0.2) is 17.0 Å². The molecule has 0 aromatic heterocycles. The summed E-state index contributed by atoms with van der Waals surface area (Å²) in [5.74, 6) is -0.269. The van der Waals surface area contributed by atoms with Crippen molar-refractivity contribution in [2.45, 2.75) is 13.0 Å². The van der Waals surface area contributed by atoms with Gasteiger partial charge in [0.15, 0.2) is 5.78 Å². The first-order chi connectivity index (χ1) is 3.18. The molecule has 0 aromatic carbocycles. The van der Waals surface area contributed by atoms with Gasteiger partial charge in [-0.15, -0.1) is 6.58 Å². The van der Waals surface area contributed by atoms with Crippen molar-refractivity contribution in [2.75, 3.05) is 0 Å². The Kier molecular flexibility index (Phi) is 2.30.